The van der Waals surface area contributed by atoms with Gasteiger partial charge in [0.1, 0.15) is 11.6 Å². The smallest absolute Gasteiger partial charge is 0.262 e. The van der Waals surface area contributed by atoms with Crippen LogP contribution >= 0.6 is 11.3 Å². The Labute approximate surface area is 157 Å². The van der Waals surface area contributed by atoms with E-state index in [1.165, 1.54) is 4.88 Å². The standard InChI is InChI=1S/C20H21N3O2S/c21-14-17(13-16-5-2-1-3-6-16)20(24)22-15-18(19-7-4-12-26-19)23-8-10-25-11-9-23/h1-7,12-13,18H,8-11,15H2,(H,22,24)/b17-13-/t18-/m1/s1. The Morgan fingerprint density at radius 1 is 1.27 bits per heavy atom. The van der Waals surface area contributed by atoms with Gasteiger partial charge in [0.2, 0.25) is 0 Å². The molecule has 0 radical (unpaired) electrons. The lowest BCUT2D eigenvalue weighted by Crippen LogP contribution is -2.43. The van der Waals surface area contributed by atoms with E-state index in [9.17, 15) is 10.1 Å². The molecular weight excluding hydrogens is 346 g/mol. The van der Waals surface area contributed by atoms with Crippen molar-refractivity contribution in [3.63, 3.8) is 0 Å². The van der Waals surface area contributed by atoms with E-state index >= 15 is 0 Å². The number of hydrogen-bond acceptors (Lipinski definition) is 5. The SMILES string of the molecule is N#C/C(=C/c1ccccc1)C(=O)NC[C@H](c1cccs1)N1CCOCC1. The fraction of sp³-hybridized carbons (Fsp3) is 0.300. The molecule has 0 aliphatic carbocycles. The second-order valence-corrected chi connectivity index (χ2v) is 6.95. The summed E-state index contributed by atoms with van der Waals surface area (Å²) in [5.74, 6) is -0.342. The Morgan fingerprint density at radius 3 is 2.69 bits per heavy atom. The van der Waals surface area contributed by atoms with Crippen molar-refractivity contribution in [3.05, 3.63) is 63.9 Å². The van der Waals surface area contributed by atoms with Crippen LogP contribution in [-0.2, 0) is 9.53 Å². The Balaban J connectivity index is 1.68. The molecule has 1 atom stereocenters. The van der Waals surface area contributed by atoms with Crippen molar-refractivity contribution in [2.24, 2.45) is 0 Å². The Kier molecular flexibility index (Phi) is 6.56. The van der Waals surface area contributed by atoms with E-state index in [2.05, 4.69) is 16.3 Å². The molecule has 1 aromatic carbocycles. The highest BCUT2D eigenvalue weighted by Crippen LogP contribution is 2.25. The van der Waals surface area contributed by atoms with Gasteiger partial charge in [-0.1, -0.05) is 36.4 Å². The number of rotatable bonds is 6. The van der Waals surface area contributed by atoms with Crippen LogP contribution in [0.2, 0.25) is 0 Å². The minimum Gasteiger partial charge on any atom is -0.379 e. The number of benzene rings is 1. The number of carbonyl (C=O) groups excluding carboxylic acids is 1. The number of ether oxygens (including phenoxy) is 1. The minimum atomic E-state index is -0.342. The van der Waals surface area contributed by atoms with Gasteiger partial charge in [0, 0.05) is 24.5 Å². The zero-order valence-electron chi connectivity index (χ0n) is 14.4. The molecule has 2 heterocycles. The van der Waals surface area contributed by atoms with E-state index < -0.39 is 0 Å². The average Bonchev–Trinajstić information content (AvgIpc) is 3.22. The summed E-state index contributed by atoms with van der Waals surface area (Å²) in [6.45, 7) is 3.54. The van der Waals surface area contributed by atoms with Gasteiger partial charge in [0.25, 0.3) is 5.91 Å². The van der Waals surface area contributed by atoms with Gasteiger partial charge >= 0.3 is 0 Å². The zero-order valence-corrected chi connectivity index (χ0v) is 15.2. The maximum absolute atomic E-state index is 12.5. The topological polar surface area (TPSA) is 65.4 Å². The molecular formula is C20H21N3O2S. The number of nitrogens with zero attached hydrogens (tertiary/aromatic N) is 2. The van der Waals surface area contributed by atoms with Crippen LogP contribution in [0.3, 0.4) is 0 Å². The number of amides is 1. The van der Waals surface area contributed by atoms with Crippen molar-refractivity contribution in [3.8, 4) is 6.07 Å². The van der Waals surface area contributed by atoms with E-state index in [-0.39, 0.29) is 17.5 Å². The molecule has 0 unspecified atom stereocenters. The summed E-state index contributed by atoms with van der Waals surface area (Å²) in [5.41, 5.74) is 0.949. The molecule has 0 spiro atoms. The van der Waals surface area contributed by atoms with Crippen LogP contribution in [0.1, 0.15) is 16.5 Å². The highest BCUT2D eigenvalue weighted by atomic mass is 32.1. The molecule has 26 heavy (non-hydrogen) atoms. The molecule has 134 valence electrons. The number of carbonyl (C=O) groups is 1. The molecule has 1 aliphatic heterocycles. The van der Waals surface area contributed by atoms with Crippen LogP contribution in [0.25, 0.3) is 6.08 Å². The summed E-state index contributed by atoms with van der Waals surface area (Å²) in [6, 6.07) is 15.6. The zero-order chi connectivity index (χ0) is 18.2. The second-order valence-electron chi connectivity index (χ2n) is 5.97. The van der Waals surface area contributed by atoms with Gasteiger partial charge in [-0.3, -0.25) is 9.69 Å². The van der Waals surface area contributed by atoms with Crippen molar-refractivity contribution in [1.29, 1.82) is 5.26 Å². The Morgan fingerprint density at radius 2 is 2.04 bits per heavy atom. The fourth-order valence-electron chi connectivity index (χ4n) is 2.93. The average molecular weight is 367 g/mol. The molecule has 1 N–H and O–H groups in total. The molecule has 2 aromatic rings. The molecule has 0 bridgehead atoms. The molecule has 6 heteroatoms. The van der Waals surface area contributed by atoms with Crippen LogP contribution in [0.4, 0.5) is 0 Å². The first-order valence-electron chi connectivity index (χ1n) is 8.58. The number of nitriles is 1. The number of thiophene rings is 1. The first-order valence-corrected chi connectivity index (χ1v) is 9.46. The lowest BCUT2D eigenvalue weighted by molar-refractivity contribution is -0.117. The molecule has 1 saturated heterocycles. The van der Waals surface area contributed by atoms with Gasteiger partial charge in [0.15, 0.2) is 0 Å². The number of hydrogen-bond donors (Lipinski definition) is 1. The third-order valence-electron chi connectivity index (χ3n) is 4.29. The predicted octanol–water partition coefficient (Wildman–Crippen LogP) is 2.84. The van der Waals surface area contributed by atoms with E-state index in [4.69, 9.17) is 4.74 Å². The van der Waals surface area contributed by atoms with E-state index in [0.717, 1.165) is 18.7 Å². The van der Waals surface area contributed by atoms with Gasteiger partial charge in [-0.25, -0.2) is 0 Å². The quantitative estimate of drug-likeness (QED) is 0.630. The number of morpholine rings is 1. The lowest BCUT2D eigenvalue weighted by Gasteiger charge is -2.34. The summed E-state index contributed by atoms with van der Waals surface area (Å²) in [5, 5.41) is 14.3. The predicted molar refractivity (Wildman–Crippen MR) is 102 cm³/mol. The molecule has 1 aromatic heterocycles. The maximum Gasteiger partial charge on any atom is 0.262 e. The Hall–Kier alpha value is -2.46. The van der Waals surface area contributed by atoms with Crippen LogP contribution < -0.4 is 5.32 Å². The highest BCUT2D eigenvalue weighted by molar-refractivity contribution is 7.10. The van der Waals surface area contributed by atoms with Crippen LogP contribution in [0.5, 0.6) is 0 Å². The van der Waals surface area contributed by atoms with Crippen LogP contribution in [0.15, 0.2) is 53.4 Å². The molecule has 1 aliphatic rings. The van der Waals surface area contributed by atoms with Crippen molar-refractivity contribution in [2.45, 2.75) is 6.04 Å². The monoisotopic (exact) mass is 367 g/mol. The maximum atomic E-state index is 12.5. The van der Waals surface area contributed by atoms with E-state index in [1.54, 1.807) is 17.4 Å². The van der Waals surface area contributed by atoms with Crippen LogP contribution in [-0.4, -0.2) is 43.7 Å². The fourth-order valence-corrected chi connectivity index (χ4v) is 3.79. The lowest BCUT2D eigenvalue weighted by atomic mass is 10.1. The van der Waals surface area contributed by atoms with E-state index in [0.29, 0.717) is 19.8 Å². The summed E-state index contributed by atoms with van der Waals surface area (Å²) in [4.78, 5) is 16.0. The normalized spacial score (nSPS) is 16.7. The first kappa shape index (κ1) is 18.3. The summed E-state index contributed by atoms with van der Waals surface area (Å²) in [7, 11) is 0. The molecule has 1 fully saturated rings. The molecule has 0 saturated carbocycles. The number of nitrogens with one attached hydrogen (secondary N) is 1. The minimum absolute atomic E-state index is 0.0968. The largest absolute Gasteiger partial charge is 0.379 e. The van der Waals surface area contributed by atoms with Gasteiger partial charge in [-0.05, 0) is 23.1 Å². The third kappa shape index (κ3) is 4.79. The van der Waals surface area contributed by atoms with Crippen molar-refractivity contribution < 1.29 is 9.53 Å². The van der Waals surface area contributed by atoms with Gasteiger partial charge in [-0.15, -0.1) is 11.3 Å². The molecule has 3 rings (SSSR count). The van der Waals surface area contributed by atoms with E-state index in [1.807, 2.05) is 47.8 Å². The summed E-state index contributed by atoms with van der Waals surface area (Å²) < 4.78 is 5.44. The van der Waals surface area contributed by atoms with Gasteiger partial charge in [-0.2, -0.15) is 5.26 Å². The highest BCUT2D eigenvalue weighted by Gasteiger charge is 2.24. The first-order chi connectivity index (χ1) is 12.8. The summed E-state index contributed by atoms with van der Waals surface area (Å²) in [6.07, 6.45) is 1.62. The molecule has 1 amide bonds. The van der Waals surface area contributed by atoms with Gasteiger partial charge < -0.3 is 10.1 Å². The van der Waals surface area contributed by atoms with Crippen LogP contribution in [0, 0.1) is 11.3 Å². The third-order valence-corrected chi connectivity index (χ3v) is 5.26. The molecule has 5 nitrogen and oxygen atoms in total. The summed E-state index contributed by atoms with van der Waals surface area (Å²) >= 11 is 1.68. The van der Waals surface area contributed by atoms with Gasteiger partial charge in [0.05, 0.1) is 19.3 Å². The second kappa shape index (κ2) is 9.30. The van der Waals surface area contributed by atoms with Crippen molar-refractivity contribution in [1.82, 2.24) is 10.2 Å². The van der Waals surface area contributed by atoms with Crippen molar-refractivity contribution in [2.75, 3.05) is 32.8 Å². The Bertz CT molecular complexity index is 775. The van der Waals surface area contributed by atoms with Crippen molar-refractivity contribution >= 4 is 23.3 Å².